The van der Waals surface area contributed by atoms with E-state index in [9.17, 15) is 14.4 Å². The van der Waals surface area contributed by atoms with E-state index in [4.69, 9.17) is 0 Å². The molecule has 1 saturated heterocycles. The number of aromatic nitrogens is 1. The first kappa shape index (κ1) is 19.2. The van der Waals surface area contributed by atoms with Crippen molar-refractivity contribution in [2.75, 3.05) is 19.6 Å². The van der Waals surface area contributed by atoms with Gasteiger partial charge in [-0.05, 0) is 46.6 Å². The molecular weight excluding hydrogens is 412 g/mol. The number of amides is 3. The zero-order valence-corrected chi connectivity index (χ0v) is 16.6. The van der Waals surface area contributed by atoms with Crippen LogP contribution in [0.1, 0.15) is 33.3 Å². The molecule has 0 bridgehead atoms. The van der Waals surface area contributed by atoms with Crippen molar-refractivity contribution in [3.8, 4) is 0 Å². The highest BCUT2D eigenvalue weighted by atomic mass is 79.9. The first-order chi connectivity index (χ1) is 13.0. The number of carbonyl (C=O) groups excluding carboxylic acids is 3. The zero-order chi connectivity index (χ0) is 19.4. The fourth-order valence-corrected chi connectivity index (χ4v) is 3.42. The SMILES string of the molecule is CCn1cc(Br)cc1C(=O)NCc1ccc(C(=O)N2CCNC(=O)C2)cc1. The number of piperazine rings is 1. The molecule has 0 radical (unpaired) electrons. The van der Waals surface area contributed by atoms with Crippen molar-refractivity contribution in [1.82, 2.24) is 20.1 Å². The maximum atomic E-state index is 12.4. The molecule has 3 rings (SSSR count). The molecule has 1 aromatic carbocycles. The summed E-state index contributed by atoms with van der Waals surface area (Å²) in [5.41, 5.74) is 2.02. The lowest BCUT2D eigenvalue weighted by molar-refractivity contribution is -0.123. The van der Waals surface area contributed by atoms with Crippen LogP contribution in [0.5, 0.6) is 0 Å². The maximum Gasteiger partial charge on any atom is 0.268 e. The number of nitrogens with one attached hydrogen (secondary N) is 2. The number of carbonyl (C=O) groups is 3. The second-order valence-electron chi connectivity index (χ2n) is 6.29. The van der Waals surface area contributed by atoms with E-state index in [0.29, 0.717) is 37.4 Å². The van der Waals surface area contributed by atoms with Gasteiger partial charge in [-0.3, -0.25) is 14.4 Å². The smallest absolute Gasteiger partial charge is 0.268 e. The summed E-state index contributed by atoms with van der Waals surface area (Å²) in [6.45, 7) is 4.12. The molecule has 0 unspecified atom stereocenters. The Bertz CT molecular complexity index is 860. The maximum absolute atomic E-state index is 12.4. The number of hydrogen-bond acceptors (Lipinski definition) is 3. The van der Waals surface area contributed by atoms with Crippen LogP contribution in [-0.4, -0.2) is 46.8 Å². The van der Waals surface area contributed by atoms with E-state index < -0.39 is 0 Å². The van der Waals surface area contributed by atoms with Crippen molar-refractivity contribution in [2.45, 2.75) is 20.0 Å². The molecule has 142 valence electrons. The van der Waals surface area contributed by atoms with Crippen molar-refractivity contribution >= 4 is 33.7 Å². The summed E-state index contributed by atoms with van der Waals surface area (Å²) in [6.07, 6.45) is 1.87. The van der Waals surface area contributed by atoms with E-state index in [1.54, 1.807) is 18.2 Å². The molecule has 1 aliphatic heterocycles. The number of benzene rings is 1. The van der Waals surface area contributed by atoms with Gasteiger partial charge >= 0.3 is 0 Å². The van der Waals surface area contributed by atoms with E-state index in [1.165, 1.54) is 4.90 Å². The lowest BCUT2D eigenvalue weighted by Crippen LogP contribution is -2.49. The minimum absolute atomic E-state index is 0.0866. The molecule has 2 aromatic rings. The van der Waals surface area contributed by atoms with Gasteiger partial charge in [0.25, 0.3) is 11.8 Å². The fraction of sp³-hybridized carbons (Fsp3) is 0.316. The zero-order valence-electron chi connectivity index (χ0n) is 15.0. The summed E-state index contributed by atoms with van der Waals surface area (Å²) < 4.78 is 2.74. The predicted molar refractivity (Wildman–Crippen MR) is 104 cm³/mol. The summed E-state index contributed by atoms with van der Waals surface area (Å²) >= 11 is 3.38. The Kier molecular flexibility index (Phi) is 5.95. The third-order valence-corrected chi connectivity index (χ3v) is 4.85. The number of aryl methyl sites for hydroxylation is 1. The van der Waals surface area contributed by atoms with Crippen molar-refractivity contribution in [3.63, 3.8) is 0 Å². The third-order valence-electron chi connectivity index (χ3n) is 4.42. The highest BCUT2D eigenvalue weighted by Gasteiger charge is 2.22. The average Bonchev–Trinajstić information content (AvgIpc) is 3.07. The van der Waals surface area contributed by atoms with Crippen LogP contribution in [-0.2, 0) is 17.9 Å². The van der Waals surface area contributed by atoms with Gasteiger partial charge in [0.05, 0.1) is 6.54 Å². The van der Waals surface area contributed by atoms with Gasteiger partial charge in [-0.2, -0.15) is 0 Å². The summed E-state index contributed by atoms with van der Waals surface area (Å²) in [5.74, 6) is -0.453. The Morgan fingerprint density at radius 2 is 2.00 bits per heavy atom. The van der Waals surface area contributed by atoms with Gasteiger partial charge in [0.1, 0.15) is 5.69 Å². The standard InChI is InChI=1S/C19H21BrN4O3/c1-2-23-11-15(20)9-16(23)18(26)22-10-13-3-5-14(6-4-13)19(27)24-8-7-21-17(25)12-24/h3-6,9,11H,2,7-8,10,12H2,1H3,(H,21,25)(H,22,26). The van der Waals surface area contributed by atoms with Gasteiger partial charge in [-0.1, -0.05) is 12.1 Å². The lowest BCUT2D eigenvalue weighted by Gasteiger charge is -2.26. The largest absolute Gasteiger partial charge is 0.353 e. The van der Waals surface area contributed by atoms with Crippen LogP contribution in [0.2, 0.25) is 0 Å². The molecule has 1 fully saturated rings. The van der Waals surface area contributed by atoms with Crippen molar-refractivity contribution < 1.29 is 14.4 Å². The van der Waals surface area contributed by atoms with E-state index in [1.807, 2.05) is 29.8 Å². The number of nitrogens with zero attached hydrogens (tertiary/aromatic N) is 2. The quantitative estimate of drug-likeness (QED) is 0.754. The Balaban J connectivity index is 1.59. The highest BCUT2D eigenvalue weighted by Crippen LogP contribution is 2.15. The van der Waals surface area contributed by atoms with Crippen LogP contribution >= 0.6 is 15.9 Å². The molecule has 2 N–H and O–H groups in total. The molecule has 1 aliphatic rings. The number of rotatable bonds is 5. The van der Waals surface area contributed by atoms with E-state index >= 15 is 0 Å². The summed E-state index contributed by atoms with van der Waals surface area (Å²) in [6, 6.07) is 8.86. The van der Waals surface area contributed by atoms with E-state index in [2.05, 4.69) is 26.6 Å². The first-order valence-electron chi connectivity index (χ1n) is 8.76. The van der Waals surface area contributed by atoms with Crippen molar-refractivity contribution in [2.24, 2.45) is 0 Å². The second-order valence-corrected chi connectivity index (χ2v) is 7.20. The van der Waals surface area contributed by atoms with Crippen molar-refractivity contribution in [3.05, 3.63) is 57.8 Å². The molecular formula is C19H21BrN4O3. The minimum Gasteiger partial charge on any atom is -0.353 e. The first-order valence-corrected chi connectivity index (χ1v) is 9.56. The fourth-order valence-electron chi connectivity index (χ4n) is 2.96. The van der Waals surface area contributed by atoms with Crippen LogP contribution in [0.25, 0.3) is 0 Å². The highest BCUT2D eigenvalue weighted by molar-refractivity contribution is 9.10. The molecule has 7 nitrogen and oxygen atoms in total. The van der Waals surface area contributed by atoms with Gasteiger partial charge in [0, 0.05) is 42.4 Å². The number of halogens is 1. The van der Waals surface area contributed by atoms with Crippen LogP contribution in [0.3, 0.4) is 0 Å². The third kappa shape index (κ3) is 4.57. The minimum atomic E-state index is -0.161. The normalized spacial score (nSPS) is 14.0. The summed E-state index contributed by atoms with van der Waals surface area (Å²) in [4.78, 5) is 37.8. The molecule has 3 amide bonds. The molecule has 0 saturated carbocycles. The Labute approximate surface area is 165 Å². The molecule has 2 heterocycles. The predicted octanol–water partition coefficient (Wildman–Crippen LogP) is 1.77. The lowest BCUT2D eigenvalue weighted by atomic mass is 10.1. The second kappa shape index (κ2) is 8.39. The molecule has 8 heteroatoms. The Morgan fingerprint density at radius 1 is 1.26 bits per heavy atom. The summed E-state index contributed by atoms with van der Waals surface area (Å²) in [5, 5.41) is 5.59. The topological polar surface area (TPSA) is 83.4 Å². The molecule has 0 spiro atoms. The van der Waals surface area contributed by atoms with Gasteiger partial charge in [0.2, 0.25) is 5.91 Å². The average molecular weight is 433 g/mol. The van der Waals surface area contributed by atoms with Crippen LogP contribution in [0, 0.1) is 0 Å². The monoisotopic (exact) mass is 432 g/mol. The van der Waals surface area contributed by atoms with Gasteiger partial charge < -0.3 is 20.1 Å². The molecule has 0 aliphatic carbocycles. The van der Waals surface area contributed by atoms with Gasteiger partial charge in [-0.25, -0.2) is 0 Å². The Morgan fingerprint density at radius 3 is 2.67 bits per heavy atom. The Hall–Kier alpha value is -2.61. The number of hydrogen-bond donors (Lipinski definition) is 2. The molecule has 0 atom stereocenters. The molecule has 27 heavy (non-hydrogen) atoms. The van der Waals surface area contributed by atoms with Gasteiger partial charge in [0.15, 0.2) is 0 Å². The van der Waals surface area contributed by atoms with Gasteiger partial charge in [-0.15, -0.1) is 0 Å². The van der Waals surface area contributed by atoms with Crippen LogP contribution in [0.4, 0.5) is 0 Å². The molecule has 1 aromatic heterocycles. The van der Waals surface area contributed by atoms with E-state index in [-0.39, 0.29) is 24.3 Å². The van der Waals surface area contributed by atoms with Crippen LogP contribution < -0.4 is 10.6 Å². The summed E-state index contributed by atoms with van der Waals surface area (Å²) in [7, 11) is 0. The van der Waals surface area contributed by atoms with E-state index in [0.717, 1.165) is 10.0 Å². The van der Waals surface area contributed by atoms with Crippen LogP contribution in [0.15, 0.2) is 41.0 Å². The van der Waals surface area contributed by atoms with Crippen molar-refractivity contribution in [1.29, 1.82) is 0 Å².